The van der Waals surface area contributed by atoms with E-state index in [1.807, 2.05) is 6.07 Å². The Morgan fingerprint density at radius 3 is 2.71 bits per heavy atom. The molecule has 28 heavy (non-hydrogen) atoms. The van der Waals surface area contributed by atoms with E-state index in [-0.39, 0.29) is 5.88 Å². The van der Waals surface area contributed by atoms with Gasteiger partial charge in [-0.3, -0.25) is 4.99 Å². The molecular weight excluding hydrogens is 391 g/mol. The van der Waals surface area contributed by atoms with Crippen molar-refractivity contribution in [2.45, 2.75) is 12.7 Å². The Kier molecular flexibility index (Phi) is 6.61. The largest absolute Gasteiger partial charge is 0.468 e. The number of alkyl halides is 3. The monoisotopic (exact) mass is 413 g/mol. The summed E-state index contributed by atoms with van der Waals surface area (Å²) in [7, 11) is 1.72. The number of aliphatic imine (C=N–C) groups is 1. The van der Waals surface area contributed by atoms with Gasteiger partial charge in [-0.25, -0.2) is 4.98 Å². The fourth-order valence-corrected chi connectivity index (χ4v) is 3.68. The highest BCUT2D eigenvalue weighted by Gasteiger charge is 2.28. The topological polar surface area (TPSA) is 53.0 Å². The summed E-state index contributed by atoms with van der Waals surface area (Å²) in [5.41, 5.74) is 0.769. The number of anilines is 1. The van der Waals surface area contributed by atoms with Crippen molar-refractivity contribution < 1.29 is 17.9 Å². The van der Waals surface area contributed by atoms with E-state index < -0.39 is 12.8 Å². The van der Waals surface area contributed by atoms with E-state index in [0.29, 0.717) is 6.54 Å². The zero-order valence-electron chi connectivity index (χ0n) is 15.4. The number of halogens is 3. The maximum atomic E-state index is 12.3. The number of hydrogen-bond donors (Lipinski definition) is 1. The summed E-state index contributed by atoms with van der Waals surface area (Å²) in [6, 6.07) is 7.40. The van der Waals surface area contributed by atoms with Crippen LogP contribution in [0, 0.1) is 0 Å². The Morgan fingerprint density at radius 1 is 1.29 bits per heavy atom. The molecule has 2 aromatic rings. The molecule has 0 amide bonds. The van der Waals surface area contributed by atoms with Crippen LogP contribution in [0.15, 0.2) is 40.8 Å². The molecule has 0 aliphatic carbocycles. The molecule has 3 rings (SSSR count). The fourth-order valence-electron chi connectivity index (χ4n) is 2.90. The summed E-state index contributed by atoms with van der Waals surface area (Å²) in [6.45, 7) is 2.56. The van der Waals surface area contributed by atoms with Crippen LogP contribution < -0.4 is 15.0 Å². The predicted molar refractivity (Wildman–Crippen MR) is 104 cm³/mol. The molecule has 0 unspecified atom stereocenters. The Bertz CT molecular complexity index is 774. The SMILES string of the molecule is CN=C(NCc1ccnc(OCC(F)(F)F)c1)N1CCN(c2cccs2)CC1. The zero-order chi connectivity index (χ0) is 20.0. The van der Waals surface area contributed by atoms with Gasteiger partial charge in [0.05, 0.1) is 5.00 Å². The van der Waals surface area contributed by atoms with Gasteiger partial charge in [0.1, 0.15) is 0 Å². The van der Waals surface area contributed by atoms with Crippen molar-refractivity contribution >= 4 is 22.3 Å². The van der Waals surface area contributed by atoms with Crippen LogP contribution in [0.4, 0.5) is 18.2 Å². The molecule has 2 aromatic heterocycles. The Balaban J connectivity index is 1.51. The third-order valence-electron chi connectivity index (χ3n) is 4.24. The maximum absolute atomic E-state index is 12.3. The second-order valence-electron chi connectivity index (χ2n) is 6.23. The number of ether oxygens (including phenoxy) is 1. The van der Waals surface area contributed by atoms with Crippen molar-refractivity contribution in [3.8, 4) is 5.88 Å². The van der Waals surface area contributed by atoms with Crippen molar-refractivity contribution in [3.05, 3.63) is 41.4 Å². The Morgan fingerprint density at radius 2 is 2.07 bits per heavy atom. The van der Waals surface area contributed by atoms with Crippen LogP contribution in [-0.2, 0) is 6.54 Å². The summed E-state index contributed by atoms with van der Waals surface area (Å²) < 4.78 is 41.5. The lowest BCUT2D eigenvalue weighted by atomic mass is 10.2. The van der Waals surface area contributed by atoms with Crippen LogP contribution in [0.3, 0.4) is 0 Å². The molecule has 3 heterocycles. The highest BCUT2D eigenvalue weighted by atomic mass is 32.1. The number of pyridine rings is 1. The highest BCUT2D eigenvalue weighted by molar-refractivity contribution is 7.14. The van der Waals surface area contributed by atoms with Gasteiger partial charge < -0.3 is 19.9 Å². The average Bonchev–Trinajstić information content (AvgIpc) is 3.22. The first-order valence-electron chi connectivity index (χ1n) is 8.83. The van der Waals surface area contributed by atoms with E-state index in [2.05, 4.69) is 36.5 Å². The molecular formula is C18H22F3N5OS. The third kappa shape index (κ3) is 5.75. The van der Waals surface area contributed by atoms with Crippen LogP contribution in [0.5, 0.6) is 5.88 Å². The average molecular weight is 413 g/mol. The van der Waals surface area contributed by atoms with Gasteiger partial charge in [-0.1, -0.05) is 0 Å². The molecule has 1 N–H and O–H groups in total. The Labute approximate surface area is 165 Å². The van der Waals surface area contributed by atoms with Gasteiger partial charge in [0.15, 0.2) is 12.6 Å². The fraction of sp³-hybridized carbons (Fsp3) is 0.444. The second kappa shape index (κ2) is 9.13. The molecule has 0 spiro atoms. The first kappa shape index (κ1) is 20.2. The lowest BCUT2D eigenvalue weighted by Crippen LogP contribution is -2.52. The molecule has 1 fully saturated rings. The van der Waals surface area contributed by atoms with E-state index in [4.69, 9.17) is 4.74 Å². The number of hydrogen-bond acceptors (Lipinski definition) is 5. The van der Waals surface area contributed by atoms with Gasteiger partial charge in [-0.15, -0.1) is 11.3 Å². The molecule has 6 nitrogen and oxygen atoms in total. The molecule has 152 valence electrons. The van der Waals surface area contributed by atoms with Crippen LogP contribution >= 0.6 is 11.3 Å². The summed E-state index contributed by atoms with van der Waals surface area (Å²) in [5.74, 6) is 0.719. The van der Waals surface area contributed by atoms with Crippen molar-refractivity contribution in [1.29, 1.82) is 0 Å². The molecule has 1 saturated heterocycles. The van der Waals surface area contributed by atoms with E-state index in [0.717, 1.165) is 37.7 Å². The number of nitrogens with zero attached hydrogens (tertiary/aromatic N) is 4. The van der Waals surface area contributed by atoms with Gasteiger partial charge in [0.25, 0.3) is 0 Å². The van der Waals surface area contributed by atoms with Crippen LogP contribution in [0.25, 0.3) is 0 Å². The van der Waals surface area contributed by atoms with E-state index in [1.165, 1.54) is 17.3 Å². The minimum atomic E-state index is -4.39. The van der Waals surface area contributed by atoms with Crippen LogP contribution in [-0.4, -0.2) is 61.9 Å². The molecule has 0 bridgehead atoms. The summed E-state index contributed by atoms with van der Waals surface area (Å²) in [5, 5.41) is 6.60. The van der Waals surface area contributed by atoms with Gasteiger partial charge >= 0.3 is 6.18 Å². The van der Waals surface area contributed by atoms with Crippen molar-refractivity contribution in [1.82, 2.24) is 15.2 Å². The standard InChI is InChI=1S/C18H22F3N5OS/c1-22-17(26-8-6-25(7-9-26)16-3-2-10-28-16)24-12-14-4-5-23-15(11-14)27-13-18(19,20)21/h2-5,10-11H,6-9,12-13H2,1H3,(H,22,24). The summed E-state index contributed by atoms with van der Waals surface area (Å²) in [4.78, 5) is 12.7. The number of guanidine groups is 1. The van der Waals surface area contributed by atoms with Gasteiger partial charge in [0.2, 0.25) is 5.88 Å². The molecule has 1 aliphatic rings. The second-order valence-corrected chi connectivity index (χ2v) is 7.16. The Hall–Kier alpha value is -2.49. The zero-order valence-corrected chi connectivity index (χ0v) is 16.3. The van der Waals surface area contributed by atoms with Gasteiger partial charge in [0, 0.05) is 52.0 Å². The van der Waals surface area contributed by atoms with E-state index in [9.17, 15) is 13.2 Å². The van der Waals surface area contributed by atoms with Crippen molar-refractivity contribution in [3.63, 3.8) is 0 Å². The summed E-state index contributed by atoms with van der Waals surface area (Å²) in [6.07, 6.45) is -2.95. The van der Waals surface area contributed by atoms with E-state index in [1.54, 1.807) is 24.5 Å². The molecule has 0 saturated carbocycles. The van der Waals surface area contributed by atoms with Crippen LogP contribution in [0.1, 0.15) is 5.56 Å². The number of aromatic nitrogens is 1. The molecule has 0 atom stereocenters. The number of rotatable bonds is 5. The number of nitrogens with one attached hydrogen (secondary N) is 1. The molecule has 0 aromatic carbocycles. The van der Waals surface area contributed by atoms with Crippen molar-refractivity contribution in [2.75, 3.05) is 44.7 Å². The quantitative estimate of drug-likeness (QED) is 0.603. The lowest BCUT2D eigenvalue weighted by Gasteiger charge is -2.37. The first-order chi connectivity index (χ1) is 13.4. The first-order valence-corrected chi connectivity index (χ1v) is 9.71. The minimum absolute atomic E-state index is 0.0452. The number of piperazine rings is 1. The van der Waals surface area contributed by atoms with Gasteiger partial charge in [-0.2, -0.15) is 13.2 Å². The minimum Gasteiger partial charge on any atom is -0.468 e. The highest BCUT2D eigenvalue weighted by Crippen LogP contribution is 2.22. The predicted octanol–water partition coefficient (Wildman–Crippen LogP) is 2.98. The van der Waals surface area contributed by atoms with Gasteiger partial charge in [-0.05, 0) is 29.1 Å². The molecule has 1 aliphatic heterocycles. The molecule has 10 heteroatoms. The third-order valence-corrected chi connectivity index (χ3v) is 5.17. The van der Waals surface area contributed by atoms with E-state index >= 15 is 0 Å². The summed E-state index contributed by atoms with van der Waals surface area (Å²) >= 11 is 1.73. The molecule has 0 radical (unpaired) electrons. The van der Waals surface area contributed by atoms with Crippen LogP contribution in [0.2, 0.25) is 0 Å². The number of thiophene rings is 1. The smallest absolute Gasteiger partial charge is 0.422 e. The normalized spacial score (nSPS) is 15.6. The van der Waals surface area contributed by atoms with Crippen molar-refractivity contribution in [2.24, 2.45) is 4.99 Å². The lowest BCUT2D eigenvalue weighted by molar-refractivity contribution is -0.154. The maximum Gasteiger partial charge on any atom is 0.422 e.